The van der Waals surface area contributed by atoms with Gasteiger partial charge in [-0.2, -0.15) is 0 Å². The minimum Gasteiger partial charge on any atom is -0.389 e. The standard InChI is InChI=1S/C13H14BrN3S2/c1-8-7-19-11(17-8)5-6-16-10-4-2-3-9(14)12(10)13(15)18/h2-4,7,16H,5-6H2,1H3,(H2,15,18). The second-order valence-corrected chi connectivity index (χ2v) is 6.32. The number of thiazole rings is 1. The van der Waals surface area contributed by atoms with Gasteiger partial charge in [0.1, 0.15) is 4.99 Å². The van der Waals surface area contributed by atoms with Crippen molar-refractivity contribution >= 4 is 50.2 Å². The van der Waals surface area contributed by atoms with Gasteiger partial charge >= 0.3 is 0 Å². The summed E-state index contributed by atoms with van der Waals surface area (Å²) in [6.07, 6.45) is 0.891. The maximum absolute atomic E-state index is 5.75. The van der Waals surface area contributed by atoms with Crippen molar-refractivity contribution in [3.63, 3.8) is 0 Å². The molecule has 1 aromatic heterocycles. The van der Waals surface area contributed by atoms with Crippen molar-refractivity contribution in [1.82, 2.24) is 4.98 Å². The fraction of sp³-hybridized carbons (Fsp3) is 0.231. The molecule has 0 unspecified atom stereocenters. The SMILES string of the molecule is Cc1csc(CCNc2cccc(Br)c2C(N)=S)n1. The summed E-state index contributed by atoms with van der Waals surface area (Å²) >= 11 is 10.2. The van der Waals surface area contributed by atoms with Crippen molar-refractivity contribution in [1.29, 1.82) is 0 Å². The predicted molar refractivity (Wildman–Crippen MR) is 89.1 cm³/mol. The molecule has 0 aliphatic carbocycles. The van der Waals surface area contributed by atoms with Crippen molar-refractivity contribution < 1.29 is 0 Å². The number of nitrogens with one attached hydrogen (secondary N) is 1. The van der Waals surface area contributed by atoms with Crippen molar-refractivity contribution in [3.05, 3.63) is 44.3 Å². The molecule has 0 radical (unpaired) electrons. The molecule has 3 N–H and O–H groups in total. The van der Waals surface area contributed by atoms with E-state index >= 15 is 0 Å². The summed E-state index contributed by atoms with van der Waals surface area (Å²) in [5.74, 6) is 0. The van der Waals surface area contributed by atoms with Crippen LogP contribution in [0.1, 0.15) is 16.3 Å². The van der Waals surface area contributed by atoms with Gasteiger partial charge in [-0.25, -0.2) is 4.98 Å². The van der Waals surface area contributed by atoms with Crippen molar-refractivity contribution in [2.24, 2.45) is 5.73 Å². The number of rotatable bonds is 5. The van der Waals surface area contributed by atoms with E-state index in [9.17, 15) is 0 Å². The van der Waals surface area contributed by atoms with Crippen molar-refractivity contribution in [2.45, 2.75) is 13.3 Å². The predicted octanol–water partition coefficient (Wildman–Crippen LogP) is 3.50. The minimum absolute atomic E-state index is 0.389. The number of nitrogens with two attached hydrogens (primary N) is 1. The highest BCUT2D eigenvalue weighted by Gasteiger charge is 2.09. The topological polar surface area (TPSA) is 50.9 Å². The van der Waals surface area contributed by atoms with Crippen molar-refractivity contribution in [2.75, 3.05) is 11.9 Å². The highest BCUT2D eigenvalue weighted by Crippen LogP contribution is 2.24. The number of aromatic nitrogens is 1. The summed E-state index contributed by atoms with van der Waals surface area (Å²) in [6, 6.07) is 5.87. The van der Waals surface area contributed by atoms with Crippen LogP contribution in [0.4, 0.5) is 5.69 Å². The molecular weight excluding hydrogens is 342 g/mol. The van der Waals surface area contributed by atoms with Gasteiger partial charge in [0.05, 0.1) is 5.01 Å². The van der Waals surface area contributed by atoms with E-state index in [0.717, 1.165) is 39.4 Å². The second-order valence-electron chi connectivity index (χ2n) is 4.09. The Kier molecular flexibility index (Phi) is 4.90. The van der Waals surface area contributed by atoms with Crippen LogP contribution in [0.3, 0.4) is 0 Å². The molecule has 1 aromatic carbocycles. The molecule has 2 rings (SSSR count). The lowest BCUT2D eigenvalue weighted by Crippen LogP contribution is -2.15. The Hall–Kier alpha value is -0.980. The zero-order valence-corrected chi connectivity index (χ0v) is 13.7. The van der Waals surface area contributed by atoms with Gasteiger partial charge in [0.2, 0.25) is 0 Å². The van der Waals surface area contributed by atoms with Gasteiger partial charge in [-0.3, -0.25) is 0 Å². The molecule has 3 nitrogen and oxygen atoms in total. The zero-order chi connectivity index (χ0) is 13.8. The molecule has 0 atom stereocenters. The Morgan fingerprint density at radius 3 is 2.95 bits per heavy atom. The average Bonchev–Trinajstić information content (AvgIpc) is 2.74. The molecule has 0 saturated carbocycles. The van der Waals surface area contributed by atoms with E-state index in [1.807, 2.05) is 25.1 Å². The van der Waals surface area contributed by atoms with Crippen LogP contribution in [-0.4, -0.2) is 16.5 Å². The first-order valence-corrected chi connectivity index (χ1v) is 7.89. The highest BCUT2D eigenvalue weighted by molar-refractivity contribution is 9.10. The smallest absolute Gasteiger partial charge is 0.107 e. The largest absolute Gasteiger partial charge is 0.389 e. The van der Waals surface area contributed by atoms with Gasteiger partial charge in [-0.1, -0.05) is 18.3 Å². The summed E-state index contributed by atoms with van der Waals surface area (Å²) in [7, 11) is 0. The van der Waals surface area contributed by atoms with Gasteiger partial charge in [-0.05, 0) is 35.0 Å². The fourth-order valence-corrected chi connectivity index (χ4v) is 3.45. The molecule has 1 heterocycles. The number of aryl methyl sites for hydroxylation is 1. The minimum atomic E-state index is 0.389. The summed E-state index contributed by atoms with van der Waals surface area (Å²) < 4.78 is 0.912. The number of halogens is 1. The van der Waals surface area contributed by atoms with Gasteiger partial charge in [-0.15, -0.1) is 11.3 Å². The van der Waals surface area contributed by atoms with Crippen LogP contribution in [0.2, 0.25) is 0 Å². The molecule has 100 valence electrons. The van der Waals surface area contributed by atoms with E-state index in [1.165, 1.54) is 0 Å². The monoisotopic (exact) mass is 355 g/mol. The fourth-order valence-electron chi connectivity index (χ4n) is 1.74. The molecule has 0 spiro atoms. The van der Waals surface area contributed by atoms with Crippen LogP contribution >= 0.6 is 39.5 Å². The first-order valence-electron chi connectivity index (χ1n) is 5.81. The normalized spacial score (nSPS) is 10.4. The number of hydrogen-bond acceptors (Lipinski definition) is 4. The Balaban J connectivity index is 2.03. The molecule has 0 aliphatic heterocycles. The summed E-state index contributed by atoms with van der Waals surface area (Å²) in [5.41, 5.74) is 8.64. The molecule has 0 saturated heterocycles. The van der Waals surface area contributed by atoms with E-state index in [4.69, 9.17) is 18.0 Å². The lowest BCUT2D eigenvalue weighted by atomic mass is 10.1. The summed E-state index contributed by atoms with van der Waals surface area (Å²) in [6.45, 7) is 2.81. The quantitative estimate of drug-likeness (QED) is 0.805. The van der Waals surface area contributed by atoms with Crippen LogP contribution in [0.25, 0.3) is 0 Å². The Labute approximate surface area is 130 Å². The molecule has 0 aliphatic rings. The number of nitrogens with zero attached hydrogens (tertiary/aromatic N) is 1. The Morgan fingerprint density at radius 1 is 1.53 bits per heavy atom. The maximum Gasteiger partial charge on any atom is 0.107 e. The van der Waals surface area contributed by atoms with Gasteiger partial charge in [0, 0.05) is 39.8 Å². The first-order chi connectivity index (χ1) is 9.08. The third-order valence-electron chi connectivity index (χ3n) is 2.58. The number of benzene rings is 1. The Morgan fingerprint density at radius 2 is 2.32 bits per heavy atom. The molecule has 6 heteroatoms. The summed E-state index contributed by atoms with van der Waals surface area (Å²) in [5, 5.41) is 6.56. The first kappa shape index (κ1) is 14.4. The Bertz CT molecular complexity index is 595. The highest BCUT2D eigenvalue weighted by atomic mass is 79.9. The van der Waals surface area contributed by atoms with Crippen molar-refractivity contribution in [3.8, 4) is 0 Å². The molecule has 0 fully saturated rings. The van der Waals surface area contributed by atoms with Crippen LogP contribution in [-0.2, 0) is 6.42 Å². The second kappa shape index (κ2) is 6.45. The third-order valence-corrected chi connectivity index (χ3v) is 4.47. The van der Waals surface area contributed by atoms with Gasteiger partial charge in [0.15, 0.2) is 0 Å². The lowest BCUT2D eigenvalue weighted by molar-refractivity contribution is 0.986. The van der Waals surface area contributed by atoms with Gasteiger partial charge in [0.25, 0.3) is 0 Å². The maximum atomic E-state index is 5.75. The third kappa shape index (κ3) is 3.75. The van der Waals surface area contributed by atoms with Crippen LogP contribution in [0.5, 0.6) is 0 Å². The molecule has 0 amide bonds. The van der Waals surface area contributed by atoms with Crippen LogP contribution in [0, 0.1) is 6.92 Å². The molecular formula is C13H14BrN3S2. The lowest BCUT2D eigenvalue weighted by Gasteiger charge is -2.12. The average molecular weight is 356 g/mol. The summed E-state index contributed by atoms with van der Waals surface area (Å²) in [4.78, 5) is 4.82. The van der Waals surface area contributed by atoms with Crippen LogP contribution < -0.4 is 11.1 Å². The molecule has 0 bridgehead atoms. The zero-order valence-electron chi connectivity index (χ0n) is 10.4. The van der Waals surface area contributed by atoms with E-state index in [1.54, 1.807) is 11.3 Å². The van der Waals surface area contributed by atoms with E-state index in [0.29, 0.717) is 4.99 Å². The van der Waals surface area contributed by atoms with Crippen LogP contribution in [0.15, 0.2) is 28.1 Å². The van der Waals surface area contributed by atoms with E-state index in [2.05, 4.69) is 31.6 Å². The number of hydrogen-bond donors (Lipinski definition) is 2. The number of anilines is 1. The molecule has 2 aromatic rings. The van der Waals surface area contributed by atoms with Gasteiger partial charge < -0.3 is 11.1 Å². The number of thiocarbonyl (C=S) groups is 1. The van der Waals surface area contributed by atoms with E-state index in [-0.39, 0.29) is 0 Å². The van der Waals surface area contributed by atoms with E-state index < -0.39 is 0 Å². The molecule has 19 heavy (non-hydrogen) atoms.